The number of amides is 2. The highest BCUT2D eigenvalue weighted by Crippen LogP contribution is 2.35. The summed E-state index contributed by atoms with van der Waals surface area (Å²) in [6.07, 6.45) is 0. The molecule has 178 valence electrons. The molecule has 2 aromatic carbocycles. The number of nitrogens with zero attached hydrogens (tertiary/aromatic N) is 2. The first-order valence-electron chi connectivity index (χ1n) is 11.7. The van der Waals surface area contributed by atoms with E-state index >= 15 is 0 Å². The maximum atomic E-state index is 13.5. The number of nitrogens with one attached hydrogen (secondary N) is 1. The first-order chi connectivity index (χ1) is 16.5. The molecule has 0 aromatic heterocycles. The Balaban J connectivity index is 1.45. The van der Waals surface area contributed by atoms with Crippen molar-refractivity contribution in [2.75, 3.05) is 57.9 Å². The molecular formula is C26H29N3O5. The van der Waals surface area contributed by atoms with E-state index in [0.29, 0.717) is 62.3 Å². The van der Waals surface area contributed by atoms with Gasteiger partial charge in [-0.2, -0.15) is 0 Å². The fraction of sp³-hybridized carbons (Fsp3) is 0.385. The Kier molecular flexibility index (Phi) is 6.26. The van der Waals surface area contributed by atoms with Crippen LogP contribution < -0.4 is 14.8 Å². The zero-order valence-corrected chi connectivity index (χ0v) is 19.6. The van der Waals surface area contributed by atoms with Gasteiger partial charge < -0.3 is 19.5 Å². The van der Waals surface area contributed by atoms with Gasteiger partial charge in [0.1, 0.15) is 18.9 Å². The molecule has 3 aliphatic heterocycles. The zero-order valence-electron chi connectivity index (χ0n) is 19.6. The molecular weight excluding hydrogens is 434 g/mol. The molecule has 2 amide bonds. The van der Waals surface area contributed by atoms with Gasteiger partial charge in [0.05, 0.1) is 18.8 Å². The average Bonchev–Trinajstić information content (AvgIpc) is 3.09. The van der Waals surface area contributed by atoms with Crippen LogP contribution in [0.25, 0.3) is 5.57 Å². The molecule has 0 bridgehead atoms. The van der Waals surface area contributed by atoms with Crippen LogP contribution in [-0.2, 0) is 14.3 Å². The van der Waals surface area contributed by atoms with Crippen molar-refractivity contribution in [3.63, 3.8) is 0 Å². The summed E-state index contributed by atoms with van der Waals surface area (Å²) in [5, 5.41) is 3.22. The molecule has 0 radical (unpaired) electrons. The van der Waals surface area contributed by atoms with Crippen molar-refractivity contribution in [1.29, 1.82) is 0 Å². The lowest BCUT2D eigenvalue weighted by molar-refractivity contribution is -0.137. The van der Waals surface area contributed by atoms with Gasteiger partial charge in [0.2, 0.25) is 0 Å². The van der Waals surface area contributed by atoms with E-state index in [1.165, 1.54) is 4.90 Å². The van der Waals surface area contributed by atoms with Crippen LogP contribution in [0.2, 0.25) is 0 Å². The summed E-state index contributed by atoms with van der Waals surface area (Å²) in [5.74, 6) is 0.689. The van der Waals surface area contributed by atoms with Gasteiger partial charge in [0, 0.05) is 37.9 Å². The van der Waals surface area contributed by atoms with Crippen molar-refractivity contribution in [3.8, 4) is 11.5 Å². The van der Waals surface area contributed by atoms with Crippen LogP contribution in [0.1, 0.15) is 16.7 Å². The molecule has 2 aromatic rings. The predicted molar refractivity (Wildman–Crippen MR) is 128 cm³/mol. The van der Waals surface area contributed by atoms with Gasteiger partial charge in [-0.3, -0.25) is 19.4 Å². The fourth-order valence-electron chi connectivity index (χ4n) is 4.39. The number of imide groups is 1. The van der Waals surface area contributed by atoms with E-state index in [1.54, 1.807) is 6.07 Å². The number of carbonyl (C=O) groups is 2. The van der Waals surface area contributed by atoms with E-state index in [2.05, 4.69) is 10.2 Å². The standard InChI is InChI=1S/C26H29N3O5/c1-17-3-4-19(15-18(17)2)23-24(27-20-5-6-21-22(16-20)34-14-13-33-21)26(31)29(25(23)30)8-7-28-9-11-32-12-10-28/h3-6,15-16,27H,7-14H2,1-2H3. The largest absolute Gasteiger partial charge is 0.486 e. The van der Waals surface area contributed by atoms with Gasteiger partial charge in [-0.25, -0.2) is 0 Å². The Morgan fingerprint density at radius 2 is 1.59 bits per heavy atom. The van der Waals surface area contributed by atoms with E-state index in [1.807, 2.05) is 44.2 Å². The van der Waals surface area contributed by atoms with Crippen LogP contribution in [0.5, 0.6) is 11.5 Å². The molecule has 1 N–H and O–H groups in total. The summed E-state index contributed by atoms with van der Waals surface area (Å²) in [4.78, 5) is 30.6. The number of ether oxygens (including phenoxy) is 3. The number of benzene rings is 2. The van der Waals surface area contributed by atoms with Crippen LogP contribution in [-0.4, -0.2) is 74.2 Å². The Morgan fingerprint density at radius 3 is 2.35 bits per heavy atom. The van der Waals surface area contributed by atoms with E-state index < -0.39 is 0 Å². The first-order valence-corrected chi connectivity index (χ1v) is 11.7. The molecule has 3 heterocycles. The Hall–Kier alpha value is -3.36. The van der Waals surface area contributed by atoms with E-state index in [-0.39, 0.29) is 17.5 Å². The minimum absolute atomic E-state index is 0.276. The number of hydrogen-bond donors (Lipinski definition) is 1. The summed E-state index contributed by atoms with van der Waals surface area (Å²) >= 11 is 0. The third kappa shape index (κ3) is 4.38. The second-order valence-electron chi connectivity index (χ2n) is 8.75. The molecule has 5 rings (SSSR count). The number of carbonyl (C=O) groups excluding carboxylic acids is 2. The monoisotopic (exact) mass is 463 g/mol. The van der Waals surface area contributed by atoms with E-state index in [9.17, 15) is 9.59 Å². The minimum Gasteiger partial charge on any atom is -0.486 e. The molecule has 8 heteroatoms. The van der Waals surface area contributed by atoms with Gasteiger partial charge in [0.25, 0.3) is 11.8 Å². The molecule has 34 heavy (non-hydrogen) atoms. The predicted octanol–water partition coefficient (Wildman–Crippen LogP) is 2.60. The van der Waals surface area contributed by atoms with Gasteiger partial charge in [-0.05, 0) is 42.7 Å². The zero-order chi connectivity index (χ0) is 23.7. The quantitative estimate of drug-likeness (QED) is 0.660. The second-order valence-corrected chi connectivity index (χ2v) is 8.75. The molecule has 8 nitrogen and oxygen atoms in total. The van der Waals surface area contributed by atoms with Crippen LogP contribution in [0.4, 0.5) is 5.69 Å². The van der Waals surface area contributed by atoms with E-state index in [0.717, 1.165) is 29.8 Å². The van der Waals surface area contributed by atoms with Gasteiger partial charge in [-0.15, -0.1) is 0 Å². The van der Waals surface area contributed by atoms with Crippen LogP contribution in [0, 0.1) is 13.8 Å². The minimum atomic E-state index is -0.318. The number of rotatable bonds is 6. The maximum Gasteiger partial charge on any atom is 0.278 e. The summed E-state index contributed by atoms with van der Waals surface area (Å²) in [5.41, 5.74) is 4.27. The highest BCUT2D eigenvalue weighted by molar-refractivity contribution is 6.36. The first kappa shape index (κ1) is 22.4. The van der Waals surface area contributed by atoms with Gasteiger partial charge in [0.15, 0.2) is 11.5 Å². The third-order valence-corrected chi connectivity index (χ3v) is 6.52. The summed E-state index contributed by atoms with van der Waals surface area (Å²) < 4.78 is 16.7. The van der Waals surface area contributed by atoms with Crippen molar-refractivity contribution < 1.29 is 23.8 Å². The Bertz CT molecular complexity index is 1150. The third-order valence-electron chi connectivity index (χ3n) is 6.52. The summed E-state index contributed by atoms with van der Waals surface area (Å²) in [7, 11) is 0. The van der Waals surface area contributed by atoms with Crippen LogP contribution >= 0.6 is 0 Å². The topological polar surface area (TPSA) is 80.3 Å². The lowest BCUT2D eigenvalue weighted by atomic mass is 9.99. The number of fused-ring (bicyclic) bond motifs is 1. The smallest absolute Gasteiger partial charge is 0.278 e. The SMILES string of the molecule is Cc1ccc(C2=C(Nc3ccc4c(c3)OCCO4)C(=O)N(CCN3CCOCC3)C2=O)cc1C. The molecule has 0 spiro atoms. The summed E-state index contributed by atoms with van der Waals surface area (Å²) in [6, 6.07) is 11.3. The number of anilines is 1. The van der Waals surface area contributed by atoms with Crippen molar-refractivity contribution in [2.45, 2.75) is 13.8 Å². The van der Waals surface area contributed by atoms with E-state index in [4.69, 9.17) is 14.2 Å². The number of morpholine rings is 1. The maximum absolute atomic E-state index is 13.5. The molecule has 0 unspecified atom stereocenters. The van der Waals surface area contributed by atoms with Crippen LogP contribution in [0.15, 0.2) is 42.1 Å². The Labute approximate surface area is 199 Å². The normalized spacial score (nSPS) is 18.6. The summed E-state index contributed by atoms with van der Waals surface area (Å²) in [6.45, 7) is 8.91. The van der Waals surface area contributed by atoms with Crippen LogP contribution in [0.3, 0.4) is 0 Å². The highest BCUT2D eigenvalue weighted by Gasteiger charge is 2.39. The molecule has 3 aliphatic rings. The van der Waals surface area contributed by atoms with Crippen molar-refractivity contribution >= 4 is 23.1 Å². The second kappa shape index (κ2) is 9.48. The van der Waals surface area contributed by atoms with Gasteiger partial charge >= 0.3 is 0 Å². The van der Waals surface area contributed by atoms with Crippen molar-refractivity contribution in [3.05, 3.63) is 58.8 Å². The highest BCUT2D eigenvalue weighted by atomic mass is 16.6. The molecule has 1 saturated heterocycles. The van der Waals surface area contributed by atoms with Crippen molar-refractivity contribution in [1.82, 2.24) is 9.80 Å². The molecule has 0 atom stereocenters. The lowest BCUT2D eigenvalue weighted by Crippen LogP contribution is -2.43. The molecule has 0 saturated carbocycles. The average molecular weight is 464 g/mol. The van der Waals surface area contributed by atoms with Gasteiger partial charge in [-0.1, -0.05) is 18.2 Å². The van der Waals surface area contributed by atoms with Crippen molar-refractivity contribution in [2.24, 2.45) is 0 Å². The molecule has 0 aliphatic carbocycles. The number of aryl methyl sites for hydroxylation is 2. The lowest BCUT2D eigenvalue weighted by Gasteiger charge is -2.28. The molecule has 1 fully saturated rings. The Morgan fingerprint density at radius 1 is 0.824 bits per heavy atom. The fourth-order valence-corrected chi connectivity index (χ4v) is 4.39. The number of hydrogen-bond acceptors (Lipinski definition) is 7.